The summed E-state index contributed by atoms with van der Waals surface area (Å²) in [5.41, 5.74) is 0.182. The molecule has 94 valence electrons. The van der Waals surface area contributed by atoms with Crippen LogP contribution in [-0.2, 0) is 9.53 Å². The Bertz CT molecular complexity index is 388. The number of hydrogen-bond acceptors (Lipinski definition) is 5. The Labute approximate surface area is 99.3 Å². The Hall–Kier alpha value is -1.75. The summed E-state index contributed by atoms with van der Waals surface area (Å²) in [7, 11) is 0. The van der Waals surface area contributed by atoms with Crippen molar-refractivity contribution in [2.75, 3.05) is 6.61 Å². The molecule has 0 amide bonds. The molecule has 1 aromatic rings. The third kappa shape index (κ3) is 3.64. The molecular formula is C12H16O5. The molecule has 0 aromatic heterocycles. The lowest BCUT2D eigenvalue weighted by Gasteiger charge is -2.11. The molecule has 5 heteroatoms. The lowest BCUT2D eigenvalue weighted by atomic mass is 10.1. The molecule has 3 N–H and O–H groups in total. The van der Waals surface area contributed by atoms with Crippen molar-refractivity contribution in [3.05, 3.63) is 23.8 Å². The molecule has 1 rings (SSSR count). The number of unbranched alkanes of at least 4 members (excludes halogenated alkanes) is 1. The zero-order valence-electron chi connectivity index (χ0n) is 9.59. The van der Waals surface area contributed by atoms with E-state index >= 15 is 0 Å². The fraction of sp³-hybridized carbons (Fsp3) is 0.417. The van der Waals surface area contributed by atoms with Gasteiger partial charge in [0.1, 0.15) is 0 Å². The van der Waals surface area contributed by atoms with Crippen molar-refractivity contribution in [3.63, 3.8) is 0 Å². The van der Waals surface area contributed by atoms with Crippen LogP contribution in [0.5, 0.6) is 11.5 Å². The summed E-state index contributed by atoms with van der Waals surface area (Å²) in [6, 6.07) is 3.68. The van der Waals surface area contributed by atoms with E-state index in [1.807, 2.05) is 6.92 Å². The van der Waals surface area contributed by atoms with E-state index < -0.39 is 12.1 Å². The monoisotopic (exact) mass is 240 g/mol. The number of carbonyl (C=O) groups is 1. The van der Waals surface area contributed by atoms with Crippen LogP contribution in [-0.4, -0.2) is 27.9 Å². The molecule has 0 aliphatic rings. The van der Waals surface area contributed by atoms with Crippen molar-refractivity contribution < 1.29 is 24.9 Å². The Balaban J connectivity index is 2.65. The largest absolute Gasteiger partial charge is 0.504 e. The van der Waals surface area contributed by atoms with E-state index in [1.165, 1.54) is 12.1 Å². The third-order valence-corrected chi connectivity index (χ3v) is 2.28. The minimum Gasteiger partial charge on any atom is -0.504 e. The van der Waals surface area contributed by atoms with E-state index in [0.717, 1.165) is 18.9 Å². The molecule has 0 heterocycles. The predicted octanol–water partition coefficient (Wildman–Crippen LogP) is 1.47. The highest BCUT2D eigenvalue weighted by atomic mass is 16.5. The van der Waals surface area contributed by atoms with Crippen LogP contribution in [0.25, 0.3) is 0 Å². The highest BCUT2D eigenvalue weighted by Gasteiger charge is 2.19. The van der Waals surface area contributed by atoms with Gasteiger partial charge in [-0.2, -0.15) is 0 Å². The van der Waals surface area contributed by atoms with Crippen molar-refractivity contribution in [3.8, 4) is 11.5 Å². The van der Waals surface area contributed by atoms with Gasteiger partial charge in [0.25, 0.3) is 0 Å². The fourth-order valence-electron chi connectivity index (χ4n) is 1.24. The standard InChI is InChI=1S/C12H16O5/c1-2-3-6-17-12(16)11(15)8-4-5-9(13)10(14)7-8/h4-5,7,11,13-15H,2-3,6H2,1H3. The summed E-state index contributed by atoms with van der Waals surface area (Å²) < 4.78 is 4.84. The van der Waals surface area contributed by atoms with E-state index in [4.69, 9.17) is 9.84 Å². The van der Waals surface area contributed by atoms with E-state index in [1.54, 1.807) is 0 Å². The molecule has 0 aliphatic carbocycles. The molecule has 0 saturated carbocycles. The maximum absolute atomic E-state index is 11.4. The van der Waals surface area contributed by atoms with Gasteiger partial charge in [-0.05, 0) is 24.1 Å². The van der Waals surface area contributed by atoms with Crippen LogP contribution in [0.15, 0.2) is 18.2 Å². The maximum Gasteiger partial charge on any atom is 0.339 e. The number of aliphatic hydroxyl groups is 1. The molecule has 0 radical (unpaired) electrons. The first-order valence-electron chi connectivity index (χ1n) is 5.42. The second-order valence-electron chi connectivity index (χ2n) is 3.67. The first-order chi connectivity index (χ1) is 8.06. The first-order valence-corrected chi connectivity index (χ1v) is 5.42. The van der Waals surface area contributed by atoms with Crippen LogP contribution in [0.2, 0.25) is 0 Å². The minimum atomic E-state index is -1.45. The van der Waals surface area contributed by atoms with Crippen LogP contribution in [0.4, 0.5) is 0 Å². The van der Waals surface area contributed by atoms with Gasteiger partial charge in [0.05, 0.1) is 6.61 Å². The first kappa shape index (κ1) is 13.3. The predicted molar refractivity (Wildman–Crippen MR) is 60.6 cm³/mol. The molecule has 17 heavy (non-hydrogen) atoms. The number of aliphatic hydroxyl groups excluding tert-OH is 1. The number of phenolic OH excluding ortho intramolecular Hbond substituents is 2. The average molecular weight is 240 g/mol. The zero-order chi connectivity index (χ0) is 12.8. The van der Waals surface area contributed by atoms with Gasteiger partial charge >= 0.3 is 5.97 Å². The molecule has 0 aliphatic heterocycles. The number of benzene rings is 1. The molecule has 0 spiro atoms. The number of ether oxygens (including phenoxy) is 1. The number of esters is 1. The lowest BCUT2D eigenvalue weighted by molar-refractivity contribution is -0.154. The van der Waals surface area contributed by atoms with E-state index in [0.29, 0.717) is 0 Å². The maximum atomic E-state index is 11.4. The number of rotatable bonds is 5. The smallest absolute Gasteiger partial charge is 0.339 e. The van der Waals surface area contributed by atoms with Crippen molar-refractivity contribution in [2.24, 2.45) is 0 Å². The summed E-state index contributed by atoms with van der Waals surface area (Å²) in [5, 5.41) is 28.0. The SMILES string of the molecule is CCCCOC(=O)C(O)c1ccc(O)c(O)c1. The van der Waals surface area contributed by atoms with Crippen molar-refractivity contribution in [1.82, 2.24) is 0 Å². The molecule has 0 saturated heterocycles. The van der Waals surface area contributed by atoms with Crippen LogP contribution in [0.1, 0.15) is 31.4 Å². The highest BCUT2D eigenvalue weighted by molar-refractivity contribution is 5.76. The van der Waals surface area contributed by atoms with E-state index in [2.05, 4.69) is 0 Å². The van der Waals surface area contributed by atoms with E-state index in [9.17, 15) is 15.0 Å². The Kier molecular flexibility index (Phi) is 4.78. The van der Waals surface area contributed by atoms with Gasteiger partial charge < -0.3 is 20.1 Å². The Morgan fingerprint density at radius 3 is 2.65 bits per heavy atom. The Morgan fingerprint density at radius 2 is 2.06 bits per heavy atom. The Morgan fingerprint density at radius 1 is 1.35 bits per heavy atom. The van der Waals surface area contributed by atoms with Gasteiger partial charge in [-0.15, -0.1) is 0 Å². The van der Waals surface area contributed by atoms with Crippen molar-refractivity contribution in [2.45, 2.75) is 25.9 Å². The van der Waals surface area contributed by atoms with Crippen LogP contribution in [0, 0.1) is 0 Å². The molecule has 5 nitrogen and oxygen atoms in total. The summed E-state index contributed by atoms with van der Waals surface area (Å²) in [6.45, 7) is 2.22. The van der Waals surface area contributed by atoms with Gasteiger partial charge in [-0.1, -0.05) is 19.4 Å². The molecule has 0 bridgehead atoms. The summed E-state index contributed by atoms with van der Waals surface area (Å²) >= 11 is 0. The topological polar surface area (TPSA) is 87.0 Å². The average Bonchev–Trinajstić information content (AvgIpc) is 2.32. The molecule has 0 fully saturated rings. The van der Waals surface area contributed by atoms with Gasteiger partial charge in [-0.25, -0.2) is 4.79 Å². The summed E-state index contributed by atoms with van der Waals surface area (Å²) in [6.07, 6.45) is 0.182. The number of phenols is 2. The van der Waals surface area contributed by atoms with Crippen LogP contribution < -0.4 is 0 Å². The second-order valence-corrected chi connectivity index (χ2v) is 3.67. The summed E-state index contributed by atoms with van der Waals surface area (Å²) in [5.74, 6) is -1.45. The van der Waals surface area contributed by atoms with Crippen LogP contribution in [0.3, 0.4) is 0 Å². The number of hydrogen-bond donors (Lipinski definition) is 3. The van der Waals surface area contributed by atoms with Crippen molar-refractivity contribution >= 4 is 5.97 Å². The zero-order valence-corrected chi connectivity index (χ0v) is 9.59. The van der Waals surface area contributed by atoms with Gasteiger partial charge in [0, 0.05) is 0 Å². The molecule has 1 aromatic carbocycles. The molecular weight excluding hydrogens is 224 g/mol. The number of aromatic hydroxyl groups is 2. The van der Waals surface area contributed by atoms with Gasteiger partial charge in [0.15, 0.2) is 17.6 Å². The minimum absolute atomic E-state index is 0.182. The highest BCUT2D eigenvalue weighted by Crippen LogP contribution is 2.28. The van der Waals surface area contributed by atoms with Gasteiger partial charge in [0.2, 0.25) is 0 Å². The third-order valence-electron chi connectivity index (χ3n) is 2.28. The van der Waals surface area contributed by atoms with Crippen molar-refractivity contribution in [1.29, 1.82) is 0 Å². The quantitative estimate of drug-likeness (QED) is 0.412. The summed E-state index contributed by atoms with van der Waals surface area (Å²) in [4.78, 5) is 11.4. The normalized spacial score (nSPS) is 12.1. The molecule has 1 unspecified atom stereocenters. The fourth-order valence-corrected chi connectivity index (χ4v) is 1.24. The number of carbonyl (C=O) groups excluding carboxylic acids is 1. The van der Waals surface area contributed by atoms with Crippen LogP contribution >= 0.6 is 0 Å². The second kappa shape index (κ2) is 6.10. The van der Waals surface area contributed by atoms with Gasteiger partial charge in [-0.3, -0.25) is 0 Å². The lowest BCUT2D eigenvalue weighted by Crippen LogP contribution is -2.16. The molecule has 1 atom stereocenters. The van der Waals surface area contributed by atoms with E-state index in [-0.39, 0.29) is 23.7 Å².